The van der Waals surface area contributed by atoms with Crippen molar-refractivity contribution >= 4 is 16.5 Å². The van der Waals surface area contributed by atoms with Gasteiger partial charge in [0.15, 0.2) is 0 Å². The molecule has 0 spiro atoms. The number of hydrogen-bond donors (Lipinski definition) is 1. The van der Waals surface area contributed by atoms with Crippen molar-refractivity contribution in [2.45, 2.75) is 26.8 Å². The van der Waals surface area contributed by atoms with Crippen LogP contribution in [0.1, 0.15) is 30.1 Å². The van der Waals surface area contributed by atoms with Crippen molar-refractivity contribution in [2.75, 3.05) is 5.32 Å². The van der Waals surface area contributed by atoms with Gasteiger partial charge in [-0.3, -0.25) is 0 Å². The van der Waals surface area contributed by atoms with E-state index in [0.717, 1.165) is 22.1 Å². The van der Waals surface area contributed by atoms with Crippen LogP contribution in [-0.2, 0) is 20.0 Å². The molecule has 6 heteroatoms. The van der Waals surface area contributed by atoms with E-state index in [9.17, 15) is 0 Å². The summed E-state index contributed by atoms with van der Waals surface area (Å²) in [5.41, 5.74) is 1.73. The highest BCUT2D eigenvalue weighted by molar-refractivity contribution is 7.15. The topological polar surface area (TPSA) is 66.5 Å². The van der Waals surface area contributed by atoms with Crippen molar-refractivity contribution in [3.63, 3.8) is 0 Å². The predicted octanol–water partition coefficient (Wildman–Crippen LogP) is 2.56. The summed E-state index contributed by atoms with van der Waals surface area (Å²) in [5, 5.41) is 22.3. The number of aryl methyl sites for hydroxylation is 1. The van der Waals surface area contributed by atoms with Gasteiger partial charge in [-0.25, -0.2) is 0 Å². The van der Waals surface area contributed by atoms with Crippen LogP contribution in [0.4, 0.5) is 5.13 Å². The van der Waals surface area contributed by atoms with Crippen LogP contribution in [0.15, 0.2) is 12.3 Å². The maximum atomic E-state index is 8.89. The Kier molecular flexibility index (Phi) is 4.17. The van der Waals surface area contributed by atoms with Gasteiger partial charge in [-0.1, -0.05) is 25.2 Å². The lowest BCUT2D eigenvalue weighted by molar-refractivity contribution is 0.640. The Morgan fingerprint density at radius 3 is 2.89 bits per heavy atom. The minimum atomic E-state index is 0.591. The zero-order chi connectivity index (χ0) is 13.8. The van der Waals surface area contributed by atoms with Crippen LogP contribution in [-0.4, -0.2) is 14.8 Å². The molecule has 0 aliphatic heterocycles. The van der Waals surface area contributed by atoms with E-state index < -0.39 is 0 Å². The van der Waals surface area contributed by atoms with E-state index in [2.05, 4.69) is 35.4 Å². The fourth-order valence-corrected chi connectivity index (χ4v) is 2.72. The van der Waals surface area contributed by atoms with Crippen LogP contribution in [0.5, 0.6) is 0 Å². The lowest BCUT2D eigenvalue weighted by atomic mass is 10.1. The van der Waals surface area contributed by atoms with Crippen LogP contribution < -0.4 is 5.32 Å². The molecule has 0 unspecified atom stereocenters. The van der Waals surface area contributed by atoms with Gasteiger partial charge < -0.3 is 9.88 Å². The third-order valence-corrected chi connectivity index (χ3v) is 3.57. The average molecular weight is 275 g/mol. The van der Waals surface area contributed by atoms with Crippen LogP contribution in [0.3, 0.4) is 0 Å². The molecule has 100 valence electrons. The molecule has 2 heterocycles. The molecule has 1 N–H and O–H groups in total. The molecule has 0 fully saturated rings. The number of nitriles is 1. The van der Waals surface area contributed by atoms with Crippen LogP contribution in [0.25, 0.3) is 0 Å². The summed E-state index contributed by atoms with van der Waals surface area (Å²) in [5.74, 6) is 0.591. The summed E-state index contributed by atoms with van der Waals surface area (Å²) in [6, 6.07) is 4.03. The summed E-state index contributed by atoms with van der Waals surface area (Å²) in [4.78, 5) is 0. The predicted molar refractivity (Wildman–Crippen MR) is 75.9 cm³/mol. The Bertz CT molecular complexity index is 590. The quantitative estimate of drug-likeness (QED) is 0.910. The minimum Gasteiger partial charge on any atom is -0.356 e. The van der Waals surface area contributed by atoms with Crippen molar-refractivity contribution in [1.29, 1.82) is 5.26 Å². The van der Waals surface area contributed by atoms with E-state index in [1.54, 1.807) is 11.3 Å². The number of hydrogen-bond acceptors (Lipinski definition) is 5. The van der Waals surface area contributed by atoms with Crippen molar-refractivity contribution < 1.29 is 0 Å². The van der Waals surface area contributed by atoms with E-state index in [4.69, 9.17) is 5.26 Å². The molecular weight excluding hydrogens is 258 g/mol. The first-order valence-corrected chi connectivity index (χ1v) is 7.01. The standard InChI is InChI=1S/C13H17N5S/c1-9(2)4-12-16-17-13(19-12)15-7-10-5-11(6-14)18(3)8-10/h5,8-9H,4,7H2,1-3H3,(H,15,17). The Balaban J connectivity index is 1.95. The fourth-order valence-electron chi connectivity index (χ4n) is 1.78. The number of aromatic nitrogens is 3. The molecular formula is C13H17N5S. The van der Waals surface area contributed by atoms with Gasteiger partial charge in [-0.2, -0.15) is 5.26 Å². The molecule has 0 aliphatic rings. The maximum absolute atomic E-state index is 8.89. The van der Waals surface area contributed by atoms with Gasteiger partial charge in [0, 0.05) is 26.2 Å². The van der Waals surface area contributed by atoms with E-state index >= 15 is 0 Å². The van der Waals surface area contributed by atoms with E-state index in [0.29, 0.717) is 18.2 Å². The fraction of sp³-hybridized carbons (Fsp3) is 0.462. The number of anilines is 1. The molecule has 0 saturated carbocycles. The van der Waals surface area contributed by atoms with Crippen molar-refractivity contribution in [2.24, 2.45) is 13.0 Å². The molecule has 2 aromatic heterocycles. The van der Waals surface area contributed by atoms with Gasteiger partial charge in [-0.05, 0) is 17.5 Å². The Hall–Kier alpha value is -1.87. The molecule has 0 saturated heterocycles. The van der Waals surface area contributed by atoms with E-state index in [1.807, 2.05) is 23.9 Å². The summed E-state index contributed by atoms with van der Waals surface area (Å²) in [6.07, 6.45) is 2.91. The normalized spacial score (nSPS) is 10.7. The molecule has 0 aliphatic carbocycles. The molecule has 0 radical (unpaired) electrons. The second kappa shape index (κ2) is 5.85. The average Bonchev–Trinajstić information content (AvgIpc) is 2.92. The van der Waals surface area contributed by atoms with Crippen molar-refractivity contribution in [3.05, 3.63) is 28.5 Å². The number of rotatable bonds is 5. The SMILES string of the molecule is CC(C)Cc1nnc(NCc2cc(C#N)n(C)c2)s1. The third-order valence-electron chi connectivity index (χ3n) is 2.67. The van der Waals surface area contributed by atoms with Crippen LogP contribution in [0.2, 0.25) is 0 Å². The Labute approximate surface area is 116 Å². The van der Waals surface area contributed by atoms with Crippen LogP contribution in [0, 0.1) is 17.2 Å². The first-order valence-electron chi connectivity index (χ1n) is 6.20. The molecule has 2 aromatic rings. The second-order valence-electron chi connectivity index (χ2n) is 4.91. The summed E-state index contributed by atoms with van der Waals surface area (Å²) in [6.45, 7) is 5.00. The first-order chi connectivity index (χ1) is 9.08. The molecule has 0 amide bonds. The Morgan fingerprint density at radius 2 is 2.26 bits per heavy atom. The van der Waals surface area contributed by atoms with E-state index in [1.165, 1.54) is 0 Å². The van der Waals surface area contributed by atoms with Gasteiger partial charge in [0.05, 0.1) is 0 Å². The van der Waals surface area contributed by atoms with Gasteiger partial charge in [-0.15, -0.1) is 10.2 Å². The van der Waals surface area contributed by atoms with E-state index in [-0.39, 0.29) is 0 Å². The van der Waals surface area contributed by atoms with Gasteiger partial charge >= 0.3 is 0 Å². The number of nitrogens with one attached hydrogen (secondary N) is 1. The van der Waals surface area contributed by atoms with Crippen molar-refractivity contribution in [3.8, 4) is 6.07 Å². The minimum absolute atomic E-state index is 0.591. The largest absolute Gasteiger partial charge is 0.356 e. The lowest BCUT2D eigenvalue weighted by Crippen LogP contribution is -1.97. The molecule has 0 aromatic carbocycles. The maximum Gasteiger partial charge on any atom is 0.205 e. The lowest BCUT2D eigenvalue weighted by Gasteiger charge is -1.99. The molecule has 19 heavy (non-hydrogen) atoms. The summed E-state index contributed by atoms with van der Waals surface area (Å²) in [7, 11) is 1.87. The molecule has 0 atom stereocenters. The highest BCUT2D eigenvalue weighted by Crippen LogP contribution is 2.19. The first kappa shape index (κ1) is 13.6. The number of nitrogens with zero attached hydrogens (tertiary/aromatic N) is 4. The molecule has 5 nitrogen and oxygen atoms in total. The zero-order valence-electron chi connectivity index (χ0n) is 11.3. The summed E-state index contributed by atoms with van der Waals surface area (Å²) >= 11 is 1.59. The smallest absolute Gasteiger partial charge is 0.205 e. The van der Waals surface area contributed by atoms with Gasteiger partial charge in [0.25, 0.3) is 0 Å². The zero-order valence-corrected chi connectivity index (χ0v) is 12.2. The van der Waals surface area contributed by atoms with Gasteiger partial charge in [0.1, 0.15) is 16.8 Å². The highest BCUT2D eigenvalue weighted by Gasteiger charge is 2.07. The second-order valence-corrected chi connectivity index (χ2v) is 5.97. The van der Waals surface area contributed by atoms with Crippen LogP contribution >= 0.6 is 11.3 Å². The Morgan fingerprint density at radius 1 is 1.47 bits per heavy atom. The summed E-state index contributed by atoms with van der Waals surface area (Å²) < 4.78 is 1.82. The third kappa shape index (κ3) is 3.55. The monoisotopic (exact) mass is 275 g/mol. The molecule has 0 bridgehead atoms. The highest BCUT2D eigenvalue weighted by atomic mass is 32.1. The molecule has 2 rings (SSSR count). The van der Waals surface area contributed by atoms with Gasteiger partial charge in [0.2, 0.25) is 5.13 Å². The van der Waals surface area contributed by atoms with Crippen molar-refractivity contribution in [1.82, 2.24) is 14.8 Å².